The van der Waals surface area contributed by atoms with E-state index in [0.717, 1.165) is 0 Å². The second-order valence-electron chi connectivity index (χ2n) is 3.47. The fourth-order valence-electron chi connectivity index (χ4n) is 1.49. The number of carbonyl (C=O) groups is 2. The number of nitrogens with zero attached hydrogens (tertiary/aromatic N) is 1. The lowest BCUT2D eigenvalue weighted by atomic mass is 10.0. The molecular formula is C11H9NO3. The topological polar surface area (TPSA) is 66.7 Å². The SMILES string of the molecule is CC(C(=O)O)c1ccc2c(c1)=CC(=O)N=2. The predicted molar refractivity (Wildman–Crippen MR) is 52.7 cm³/mol. The molecule has 2 rings (SSSR count). The molecule has 1 aromatic rings. The van der Waals surface area contributed by atoms with Gasteiger partial charge in [0.25, 0.3) is 5.91 Å². The Hall–Kier alpha value is -1.97. The summed E-state index contributed by atoms with van der Waals surface area (Å²) in [6.07, 6.45) is 1.41. The van der Waals surface area contributed by atoms with Crippen LogP contribution in [0.2, 0.25) is 0 Å². The molecule has 0 aromatic heterocycles. The third kappa shape index (κ3) is 1.66. The molecule has 1 aliphatic rings. The van der Waals surface area contributed by atoms with Crippen molar-refractivity contribution < 1.29 is 14.7 Å². The van der Waals surface area contributed by atoms with Gasteiger partial charge in [0.05, 0.1) is 11.3 Å². The van der Waals surface area contributed by atoms with Crippen LogP contribution >= 0.6 is 0 Å². The molecule has 1 amide bonds. The third-order valence-corrected chi connectivity index (χ3v) is 2.43. The van der Waals surface area contributed by atoms with Gasteiger partial charge >= 0.3 is 5.97 Å². The molecule has 1 unspecified atom stereocenters. The Balaban J connectivity index is 2.54. The van der Waals surface area contributed by atoms with Crippen LogP contribution in [0, 0.1) is 0 Å². The van der Waals surface area contributed by atoms with Gasteiger partial charge in [-0.2, -0.15) is 0 Å². The highest BCUT2D eigenvalue weighted by Gasteiger charge is 2.14. The van der Waals surface area contributed by atoms with Crippen LogP contribution in [0.25, 0.3) is 6.08 Å². The van der Waals surface area contributed by atoms with Gasteiger partial charge in [-0.25, -0.2) is 4.99 Å². The van der Waals surface area contributed by atoms with Crippen molar-refractivity contribution in [1.29, 1.82) is 0 Å². The zero-order valence-corrected chi connectivity index (χ0v) is 8.10. The number of rotatable bonds is 2. The van der Waals surface area contributed by atoms with Gasteiger partial charge in [-0.15, -0.1) is 0 Å². The number of hydrogen-bond donors (Lipinski definition) is 1. The van der Waals surface area contributed by atoms with Crippen LogP contribution in [-0.4, -0.2) is 17.0 Å². The van der Waals surface area contributed by atoms with E-state index in [0.29, 0.717) is 16.1 Å². The Morgan fingerprint density at radius 1 is 1.47 bits per heavy atom. The Bertz CT molecular complexity index is 560. The molecule has 1 atom stereocenters. The van der Waals surface area contributed by atoms with Crippen molar-refractivity contribution in [3.8, 4) is 0 Å². The highest BCUT2D eigenvalue weighted by molar-refractivity contribution is 6.06. The first-order chi connectivity index (χ1) is 7.08. The Kier molecular flexibility index (Phi) is 2.11. The minimum absolute atomic E-state index is 0.287. The number of benzene rings is 1. The van der Waals surface area contributed by atoms with E-state index in [-0.39, 0.29) is 5.91 Å². The number of carboxylic acid groups (broad SMARTS) is 1. The molecule has 15 heavy (non-hydrogen) atoms. The molecule has 4 nitrogen and oxygen atoms in total. The van der Waals surface area contributed by atoms with Crippen LogP contribution in [0.5, 0.6) is 0 Å². The van der Waals surface area contributed by atoms with Crippen LogP contribution in [0.15, 0.2) is 23.2 Å². The van der Waals surface area contributed by atoms with Crippen molar-refractivity contribution in [2.24, 2.45) is 4.99 Å². The maximum atomic E-state index is 11.0. The van der Waals surface area contributed by atoms with E-state index in [9.17, 15) is 9.59 Å². The van der Waals surface area contributed by atoms with E-state index in [1.165, 1.54) is 6.08 Å². The van der Waals surface area contributed by atoms with Crippen LogP contribution in [-0.2, 0) is 9.59 Å². The third-order valence-electron chi connectivity index (χ3n) is 2.43. The average molecular weight is 203 g/mol. The van der Waals surface area contributed by atoms with Gasteiger partial charge in [-0.3, -0.25) is 9.59 Å². The molecule has 1 aromatic carbocycles. The van der Waals surface area contributed by atoms with Crippen molar-refractivity contribution in [1.82, 2.24) is 0 Å². The van der Waals surface area contributed by atoms with Gasteiger partial charge in [0.1, 0.15) is 0 Å². The zero-order valence-electron chi connectivity index (χ0n) is 8.10. The summed E-state index contributed by atoms with van der Waals surface area (Å²) in [4.78, 5) is 25.5. The maximum absolute atomic E-state index is 11.0. The molecule has 1 aliphatic heterocycles. The van der Waals surface area contributed by atoms with Gasteiger partial charge < -0.3 is 5.11 Å². The van der Waals surface area contributed by atoms with E-state index in [1.54, 1.807) is 25.1 Å². The molecule has 1 heterocycles. The van der Waals surface area contributed by atoms with Gasteiger partial charge in [-0.1, -0.05) is 6.07 Å². The molecule has 4 heteroatoms. The van der Waals surface area contributed by atoms with Crippen molar-refractivity contribution in [2.45, 2.75) is 12.8 Å². The largest absolute Gasteiger partial charge is 0.481 e. The molecule has 0 radical (unpaired) electrons. The summed E-state index contributed by atoms with van der Waals surface area (Å²) in [6.45, 7) is 1.61. The lowest BCUT2D eigenvalue weighted by Crippen LogP contribution is -2.23. The molecule has 0 spiro atoms. The first-order valence-corrected chi connectivity index (χ1v) is 4.55. The average Bonchev–Trinajstić information content (AvgIpc) is 2.55. The summed E-state index contributed by atoms with van der Waals surface area (Å²) in [5, 5.41) is 10.1. The smallest absolute Gasteiger partial charge is 0.310 e. The van der Waals surface area contributed by atoms with Gasteiger partial charge in [0, 0.05) is 11.3 Å². The highest BCUT2D eigenvalue weighted by atomic mass is 16.4. The van der Waals surface area contributed by atoms with Crippen molar-refractivity contribution in [2.75, 3.05) is 0 Å². The number of carbonyl (C=O) groups excluding carboxylic acids is 1. The number of hydrogen-bond acceptors (Lipinski definition) is 2. The van der Waals surface area contributed by atoms with Crippen molar-refractivity contribution >= 4 is 18.0 Å². The van der Waals surface area contributed by atoms with E-state index >= 15 is 0 Å². The van der Waals surface area contributed by atoms with Crippen LogP contribution in [0.1, 0.15) is 18.4 Å². The summed E-state index contributed by atoms with van der Waals surface area (Å²) < 4.78 is 0. The number of aliphatic carboxylic acids is 1. The fraction of sp³-hybridized carbons (Fsp3) is 0.182. The summed E-state index contributed by atoms with van der Waals surface area (Å²) in [5.74, 6) is -1.74. The van der Waals surface area contributed by atoms with Gasteiger partial charge in [0.2, 0.25) is 0 Å². The summed E-state index contributed by atoms with van der Waals surface area (Å²) in [7, 11) is 0. The molecule has 0 saturated carbocycles. The summed E-state index contributed by atoms with van der Waals surface area (Å²) in [6, 6.07) is 5.06. The number of carboxylic acids is 1. The molecular weight excluding hydrogens is 194 g/mol. The quantitative estimate of drug-likeness (QED) is 0.724. The predicted octanol–water partition coefficient (Wildman–Crippen LogP) is -0.185. The first-order valence-electron chi connectivity index (χ1n) is 4.55. The minimum Gasteiger partial charge on any atom is -0.481 e. The lowest BCUT2D eigenvalue weighted by Gasteiger charge is -2.04. The molecule has 0 aliphatic carbocycles. The summed E-state index contributed by atoms with van der Waals surface area (Å²) in [5.41, 5.74) is 0.683. The Morgan fingerprint density at radius 2 is 2.20 bits per heavy atom. The first kappa shape index (κ1) is 9.58. The van der Waals surface area contributed by atoms with E-state index in [2.05, 4.69) is 4.99 Å². The normalized spacial score (nSPS) is 15.1. The van der Waals surface area contributed by atoms with Gasteiger partial charge in [-0.05, 0) is 24.6 Å². The van der Waals surface area contributed by atoms with Gasteiger partial charge in [0.15, 0.2) is 0 Å². The minimum atomic E-state index is -0.879. The van der Waals surface area contributed by atoms with Crippen LogP contribution < -0.4 is 10.6 Å². The molecule has 0 bridgehead atoms. The van der Waals surface area contributed by atoms with E-state index < -0.39 is 11.9 Å². The van der Waals surface area contributed by atoms with E-state index in [4.69, 9.17) is 5.11 Å². The number of amides is 1. The Labute approximate surface area is 85.6 Å². The summed E-state index contributed by atoms with van der Waals surface area (Å²) >= 11 is 0. The number of fused-ring (bicyclic) bond motifs is 1. The Morgan fingerprint density at radius 3 is 2.87 bits per heavy atom. The fourth-order valence-corrected chi connectivity index (χ4v) is 1.49. The van der Waals surface area contributed by atoms with Crippen LogP contribution in [0.4, 0.5) is 0 Å². The molecule has 76 valence electrons. The highest BCUT2D eigenvalue weighted by Crippen LogP contribution is 2.11. The second-order valence-corrected chi connectivity index (χ2v) is 3.47. The second kappa shape index (κ2) is 3.31. The molecule has 0 saturated heterocycles. The van der Waals surface area contributed by atoms with E-state index in [1.807, 2.05) is 0 Å². The zero-order chi connectivity index (χ0) is 11.0. The molecule has 0 fully saturated rings. The monoisotopic (exact) mass is 203 g/mol. The maximum Gasteiger partial charge on any atom is 0.310 e. The van der Waals surface area contributed by atoms with Crippen molar-refractivity contribution in [3.05, 3.63) is 34.3 Å². The lowest BCUT2D eigenvalue weighted by molar-refractivity contribution is -0.138. The van der Waals surface area contributed by atoms with Crippen molar-refractivity contribution in [3.63, 3.8) is 0 Å². The standard InChI is InChI=1S/C11H9NO3/c1-6(11(14)15)7-2-3-9-8(4-7)5-10(13)12-9/h2-6H,1H3,(H,14,15). The van der Waals surface area contributed by atoms with Crippen LogP contribution in [0.3, 0.4) is 0 Å². The molecule has 1 N–H and O–H groups in total.